The minimum Gasteiger partial charge on any atom is -0.439 e. The van der Waals surface area contributed by atoms with Crippen molar-refractivity contribution in [2.75, 3.05) is 7.05 Å². The first-order valence-corrected chi connectivity index (χ1v) is 5.73. The Morgan fingerprint density at radius 3 is 2.83 bits per heavy atom. The van der Waals surface area contributed by atoms with Crippen molar-refractivity contribution in [1.82, 2.24) is 10.3 Å². The molecule has 1 aromatic carbocycles. The van der Waals surface area contributed by atoms with Gasteiger partial charge in [-0.2, -0.15) is 0 Å². The highest BCUT2D eigenvalue weighted by atomic mass is 19.1. The molecule has 0 aliphatic carbocycles. The number of aryl methyl sites for hydroxylation is 1. The number of ether oxygens (including phenoxy) is 1. The normalized spacial score (nSPS) is 10.4. The fourth-order valence-electron chi connectivity index (χ4n) is 1.60. The van der Waals surface area contributed by atoms with E-state index < -0.39 is 0 Å². The Balaban J connectivity index is 2.17. The third kappa shape index (κ3) is 3.05. The molecule has 3 nitrogen and oxygen atoms in total. The molecule has 0 aliphatic heterocycles. The van der Waals surface area contributed by atoms with E-state index >= 15 is 0 Å². The quantitative estimate of drug-likeness (QED) is 0.900. The first-order valence-electron chi connectivity index (χ1n) is 5.73. The molecule has 0 spiro atoms. The van der Waals surface area contributed by atoms with Gasteiger partial charge in [0, 0.05) is 12.6 Å². The molecule has 0 radical (unpaired) electrons. The highest BCUT2D eigenvalue weighted by Crippen LogP contribution is 2.21. The standard InChI is InChI=1S/C14H15FN2O/c1-10-8-12(6-7-13(10)15)18-14-5-3-4-11(17-14)9-16-2/h3-8,16H,9H2,1-2H3. The molecule has 2 aromatic rings. The maximum absolute atomic E-state index is 13.1. The Labute approximate surface area is 106 Å². The van der Waals surface area contributed by atoms with E-state index in [2.05, 4.69) is 10.3 Å². The van der Waals surface area contributed by atoms with Gasteiger partial charge in [-0.3, -0.25) is 0 Å². The number of nitrogens with zero attached hydrogens (tertiary/aromatic N) is 1. The molecule has 2 rings (SSSR count). The second kappa shape index (κ2) is 5.60. The van der Waals surface area contributed by atoms with E-state index in [1.165, 1.54) is 6.07 Å². The van der Waals surface area contributed by atoms with Crippen LogP contribution in [0.3, 0.4) is 0 Å². The maximum atomic E-state index is 13.1. The molecule has 1 heterocycles. The van der Waals surface area contributed by atoms with Gasteiger partial charge in [0.1, 0.15) is 11.6 Å². The number of nitrogens with one attached hydrogen (secondary N) is 1. The van der Waals surface area contributed by atoms with Gasteiger partial charge in [-0.1, -0.05) is 6.07 Å². The Morgan fingerprint density at radius 1 is 1.28 bits per heavy atom. The van der Waals surface area contributed by atoms with Crippen LogP contribution in [0.4, 0.5) is 4.39 Å². The average molecular weight is 246 g/mol. The number of pyridine rings is 1. The summed E-state index contributed by atoms with van der Waals surface area (Å²) in [7, 11) is 1.86. The van der Waals surface area contributed by atoms with Gasteiger partial charge >= 0.3 is 0 Å². The zero-order valence-electron chi connectivity index (χ0n) is 10.4. The van der Waals surface area contributed by atoms with Gasteiger partial charge in [0.15, 0.2) is 0 Å². The first kappa shape index (κ1) is 12.5. The van der Waals surface area contributed by atoms with Gasteiger partial charge < -0.3 is 10.1 Å². The lowest BCUT2D eigenvalue weighted by molar-refractivity contribution is 0.457. The van der Waals surface area contributed by atoms with Crippen LogP contribution < -0.4 is 10.1 Å². The monoisotopic (exact) mass is 246 g/mol. The van der Waals surface area contributed by atoms with Crippen LogP contribution in [0.1, 0.15) is 11.3 Å². The number of halogens is 1. The lowest BCUT2D eigenvalue weighted by Crippen LogP contribution is -2.06. The number of hydrogen-bond acceptors (Lipinski definition) is 3. The Hall–Kier alpha value is -1.94. The van der Waals surface area contributed by atoms with Crippen LogP contribution in [0.25, 0.3) is 0 Å². The third-order valence-corrected chi connectivity index (χ3v) is 2.49. The number of aromatic nitrogens is 1. The molecule has 0 unspecified atom stereocenters. The summed E-state index contributed by atoms with van der Waals surface area (Å²) in [6.45, 7) is 2.38. The van der Waals surface area contributed by atoms with Crippen molar-refractivity contribution in [1.29, 1.82) is 0 Å². The van der Waals surface area contributed by atoms with Gasteiger partial charge in [0.2, 0.25) is 5.88 Å². The first-order chi connectivity index (χ1) is 8.69. The van der Waals surface area contributed by atoms with Crippen molar-refractivity contribution in [2.24, 2.45) is 0 Å². The van der Waals surface area contributed by atoms with E-state index in [0.717, 1.165) is 5.69 Å². The van der Waals surface area contributed by atoms with Gasteiger partial charge in [0.25, 0.3) is 0 Å². The predicted molar refractivity (Wildman–Crippen MR) is 68.2 cm³/mol. The van der Waals surface area contributed by atoms with Crippen molar-refractivity contribution >= 4 is 0 Å². The fourth-order valence-corrected chi connectivity index (χ4v) is 1.60. The van der Waals surface area contributed by atoms with E-state index in [1.54, 1.807) is 25.1 Å². The van der Waals surface area contributed by atoms with Crippen molar-refractivity contribution in [3.63, 3.8) is 0 Å². The van der Waals surface area contributed by atoms with Crippen LogP contribution in [0, 0.1) is 12.7 Å². The van der Waals surface area contributed by atoms with Gasteiger partial charge in [-0.15, -0.1) is 0 Å². The zero-order valence-corrected chi connectivity index (χ0v) is 10.4. The smallest absolute Gasteiger partial charge is 0.219 e. The molecule has 0 amide bonds. The molecule has 0 saturated heterocycles. The summed E-state index contributed by atoms with van der Waals surface area (Å²) in [5.41, 5.74) is 1.45. The van der Waals surface area contributed by atoms with Crippen LogP contribution in [-0.2, 0) is 6.54 Å². The largest absolute Gasteiger partial charge is 0.439 e. The van der Waals surface area contributed by atoms with Crippen LogP contribution in [-0.4, -0.2) is 12.0 Å². The summed E-state index contributed by atoms with van der Waals surface area (Å²) in [6, 6.07) is 10.2. The minimum absolute atomic E-state index is 0.237. The molecule has 0 aliphatic rings. The molecule has 1 aromatic heterocycles. The predicted octanol–water partition coefficient (Wildman–Crippen LogP) is 3.04. The van der Waals surface area contributed by atoms with E-state index in [0.29, 0.717) is 23.7 Å². The van der Waals surface area contributed by atoms with Crippen molar-refractivity contribution in [3.8, 4) is 11.6 Å². The van der Waals surface area contributed by atoms with Gasteiger partial charge in [-0.05, 0) is 43.8 Å². The Kier molecular flexibility index (Phi) is 3.89. The summed E-state index contributed by atoms with van der Waals surface area (Å²) in [5.74, 6) is 0.857. The summed E-state index contributed by atoms with van der Waals surface area (Å²) < 4.78 is 18.7. The summed E-state index contributed by atoms with van der Waals surface area (Å²) in [4.78, 5) is 4.33. The third-order valence-electron chi connectivity index (χ3n) is 2.49. The lowest BCUT2D eigenvalue weighted by Gasteiger charge is -2.07. The highest BCUT2D eigenvalue weighted by Gasteiger charge is 2.03. The molecule has 0 fully saturated rings. The van der Waals surface area contributed by atoms with Crippen LogP contribution in [0.2, 0.25) is 0 Å². The van der Waals surface area contributed by atoms with Crippen LogP contribution in [0.15, 0.2) is 36.4 Å². The maximum Gasteiger partial charge on any atom is 0.219 e. The SMILES string of the molecule is CNCc1cccc(Oc2ccc(F)c(C)c2)n1. The summed E-state index contributed by atoms with van der Waals surface area (Å²) >= 11 is 0. The fraction of sp³-hybridized carbons (Fsp3) is 0.214. The number of rotatable bonds is 4. The zero-order chi connectivity index (χ0) is 13.0. The molecule has 0 bridgehead atoms. The van der Waals surface area contributed by atoms with E-state index in [9.17, 15) is 4.39 Å². The molecule has 0 atom stereocenters. The van der Waals surface area contributed by atoms with Crippen molar-refractivity contribution in [2.45, 2.75) is 13.5 Å². The molecule has 94 valence electrons. The lowest BCUT2D eigenvalue weighted by atomic mass is 10.2. The topological polar surface area (TPSA) is 34.1 Å². The minimum atomic E-state index is -0.237. The van der Waals surface area contributed by atoms with E-state index in [1.807, 2.05) is 19.2 Å². The van der Waals surface area contributed by atoms with Crippen molar-refractivity contribution in [3.05, 3.63) is 53.5 Å². The van der Waals surface area contributed by atoms with Gasteiger partial charge in [-0.25, -0.2) is 9.37 Å². The molecular weight excluding hydrogens is 231 g/mol. The van der Waals surface area contributed by atoms with Crippen LogP contribution in [0.5, 0.6) is 11.6 Å². The van der Waals surface area contributed by atoms with Crippen LogP contribution >= 0.6 is 0 Å². The Morgan fingerprint density at radius 2 is 2.11 bits per heavy atom. The molecule has 0 saturated carbocycles. The highest BCUT2D eigenvalue weighted by molar-refractivity contribution is 5.32. The van der Waals surface area contributed by atoms with E-state index in [4.69, 9.17) is 4.74 Å². The molecule has 4 heteroatoms. The molecular formula is C14H15FN2O. The molecule has 18 heavy (non-hydrogen) atoms. The average Bonchev–Trinajstić information content (AvgIpc) is 2.35. The second-order valence-electron chi connectivity index (χ2n) is 4.01. The number of hydrogen-bond donors (Lipinski definition) is 1. The summed E-state index contributed by atoms with van der Waals surface area (Å²) in [5, 5.41) is 3.02. The molecule has 1 N–H and O–H groups in total. The summed E-state index contributed by atoms with van der Waals surface area (Å²) in [6.07, 6.45) is 0. The van der Waals surface area contributed by atoms with Crippen molar-refractivity contribution < 1.29 is 9.13 Å². The Bertz CT molecular complexity index is 543. The van der Waals surface area contributed by atoms with Gasteiger partial charge in [0.05, 0.1) is 5.69 Å². The van der Waals surface area contributed by atoms with E-state index in [-0.39, 0.29) is 5.82 Å². The second-order valence-corrected chi connectivity index (χ2v) is 4.01. The number of benzene rings is 1.